The molecule has 1 saturated carbocycles. The highest BCUT2D eigenvalue weighted by Gasteiger charge is 2.35. The Bertz CT molecular complexity index is 635. The maximum Gasteiger partial charge on any atom is 0.241 e. The van der Waals surface area contributed by atoms with Gasteiger partial charge in [-0.2, -0.15) is 0 Å². The molecule has 0 amide bonds. The number of anilines is 1. The Morgan fingerprint density at radius 3 is 2.40 bits per heavy atom. The summed E-state index contributed by atoms with van der Waals surface area (Å²) in [6.45, 7) is 5.03. The molecular weight excluding hydrogens is 279 g/mol. The van der Waals surface area contributed by atoms with Crippen LogP contribution in [0.25, 0.3) is 0 Å². The number of nitrogen functional groups attached to an aromatic ring is 1. The van der Waals surface area contributed by atoms with E-state index in [1.165, 1.54) is 13.0 Å². The van der Waals surface area contributed by atoms with Crippen LogP contribution in [0.4, 0.5) is 10.1 Å². The fourth-order valence-electron chi connectivity index (χ4n) is 2.98. The molecule has 1 fully saturated rings. The Morgan fingerprint density at radius 2 is 1.85 bits per heavy atom. The molecule has 112 valence electrons. The first kappa shape index (κ1) is 15.3. The van der Waals surface area contributed by atoms with Crippen LogP contribution in [-0.4, -0.2) is 14.0 Å². The molecule has 1 aromatic rings. The van der Waals surface area contributed by atoms with Gasteiger partial charge in [0, 0.05) is 5.54 Å². The summed E-state index contributed by atoms with van der Waals surface area (Å²) in [7, 11) is -3.70. The van der Waals surface area contributed by atoms with Crippen LogP contribution in [0, 0.1) is 19.7 Å². The van der Waals surface area contributed by atoms with Crippen LogP contribution in [0.2, 0.25) is 0 Å². The number of hydrogen-bond acceptors (Lipinski definition) is 3. The van der Waals surface area contributed by atoms with E-state index in [2.05, 4.69) is 4.72 Å². The molecule has 4 nitrogen and oxygen atoms in total. The standard InChI is InChI=1S/C14H21FN2O2S/c1-9-8-11(15)12(16)10(2)13(9)20(18,19)17-14(3)6-4-5-7-14/h8,17H,4-7,16H2,1-3H3. The zero-order valence-electron chi connectivity index (χ0n) is 12.1. The van der Waals surface area contributed by atoms with Gasteiger partial charge in [0.1, 0.15) is 5.82 Å². The molecule has 0 unspecified atom stereocenters. The molecule has 2 rings (SSSR count). The number of nitrogens with two attached hydrogens (primary N) is 1. The first-order valence-corrected chi connectivity index (χ1v) is 8.24. The normalized spacial score (nSPS) is 18.4. The smallest absolute Gasteiger partial charge is 0.241 e. The molecule has 0 atom stereocenters. The van der Waals surface area contributed by atoms with Crippen molar-refractivity contribution in [1.29, 1.82) is 0 Å². The van der Waals surface area contributed by atoms with Crippen LogP contribution in [0.1, 0.15) is 43.7 Å². The SMILES string of the molecule is Cc1cc(F)c(N)c(C)c1S(=O)(=O)NC1(C)CCCC1. The molecule has 0 aliphatic heterocycles. The van der Waals surface area contributed by atoms with E-state index in [-0.39, 0.29) is 16.1 Å². The highest BCUT2D eigenvalue weighted by molar-refractivity contribution is 7.89. The minimum absolute atomic E-state index is 0.101. The molecule has 0 saturated heterocycles. The summed E-state index contributed by atoms with van der Waals surface area (Å²) < 4.78 is 41.5. The molecule has 1 aromatic carbocycles. The molecule has 20 heavy (non-hydrogen) atoms. The number of hydrogen-bond donors (Lipinski definition) is 2. The molecule has 0 bridgehead atoms. The van der Waals surface area contributed by atoms with Crippen molar-refractivity contribution in [2.45, 2.75) is 56.9 Å². The van der Waals surface area contributed by atoms with E-state index < -0.39 is 21.4 Å². The highest BCUT2D eigenvalue weighted by atomic mass is 32.2. The quantitative estimate of drug-likeness (QED) is 0.843. The summed E-state index contributed by atoms with van der Waals surface area (Å²) in [6, 6.07) is 1.17. The van der Waals surface area contributed by atoms with E-state index in [4.69, 9.17) is 5.73 Å². The second-order valence-corrected chi connectivity index (χ2v) is 7.54. The van der Waals surface area contributed by atoms with Gasteiger partial charge in [-0.3, -0.25) is 0 Å². The lowest BCUT2D eigenvalue weighted by Crippen LogP contribution is -2.43. The van der Waals surface area contributed by atoms with Crippen molar-refractivity contribution in [3.8, 4) is 0 Å². The largest absolute Gasteiger partial charge is 0.396 e. The Balaban J connectivity index is 2.47. The fourth-order valence-corrected chi connectivity index (χ4v) is 4.93. The Labute approximate surface area is 119 Å². The van der Waals surface area contributed by atoms with Gasteiger partial charge in [0.25, 0.3) is 0 Å². The Morgan fingerprint density at radius 1 is 1.30 bits per heavy atom. The molecule has 6 heteroatoms. The van der Waals surface area contributed by atoms with Gasteiger partial charge in [-0.25, -0.2) is 17.5 Å². The molecular formula is C14H21FN2O2S. The van der Waals surface area contributed by atoms with Crippen molar-refractivity contribution in [2.24, 2.45) is 0 Å². The number of sulfonamides is 1. The average Bonchev–Trinajstić information content (AvgIpc) is 2.71. The van der Waals surface area contributed by atoms with Crippen molar-refractivity contribution in [2.75, 3.05) is 5.73 Å². The van der Waals surface area contributed by atoms with E-state index in [0.29, 0.717) is 5.56 Å². The van der Waals surface area contributed by atoms with Gasteiger partial charge in [-0.15, -0.1) is 0 Å². The van der Waals surface area contributed by atoms with Gasteiger partial charge in [-0.05, 0) is 50.8 Å². The first-order valence-electron chi connectivity index (χ1n) is 6.75. The number of aryl methyl sites for hydroxylation is 1. The Kier molecular flexibility index (Phi) is 3.81. The van der Waals surface area contributed by atoms with Gasteiger partial charge in [-0.1, -0.05) is 12.8 Å². The summed E-state index contributed by atoms with van der Waals surface area (Å²) in [6.07, 6.45) is 3.67. The van der Waals surface area contributed by atoms with Crippen LogP contribution >= 0.6 is 0 Å². The lowest BCUT2D eigenvalue weighted by molar-refractivity contribution is 0.427. The van der Waals surface area contributed by atoms with Crippen LogP contribution in [0.5, 0.6) is 0 Å². The van der Waals surface area contributed by atoms with Crippen LogP contribution in [0.15, 0.2) is 11.0 Å². The third-order valence-electron chi connectivity index (χ3n) is 4.06. The summed E-state index contributed by atoms with van der Waals surface area (Å²) in [5.41, 5.74) is 5.75. The van der Waals surface area contributed by atoms with Gasteiger partial charge < -0.3 is 5.73 Å². The minimum Gasteiger partial charge on any atom is -0.396 e. The topological polar surface area (TPSA) is 72.2 Å². The van der Waals surface area contributed by atoms with E-state index in [1.807, 2.05) is 6.92 Å². The molecule has 3 N–H and O–H groups in total. The van der Waals surface area contributed by atoms with Crippen molar-refractivity contribution in [3.63, 3.8) is 0 Å². The van der Waals surface area contributed by atoms with Gasteiger partial charge in [0.15, 0.2) is 0 Å². The number of benzene rings is 1. The molecule has 1 aliphatic rings. The predicted molar refractivity (Wildman–Crippen MR) is 77.5 cm³/mol. The number of nitrogens with one attached hydrogen (secondary N) is 1. The van der Waals surface area contributed by atoms with Gasteiger partial charge in [0.2, 0.25) is 10.0 Å². The van der Waals surface area contributed by atoms with Gasteiger partial charge in [0.05, 0.1) is 10.6 Å². The number of halogens is 1. The lowest BCUT2D eigenvalue weighted by atomic mass is 10.0. The third-order valence-corrected chi connectivity index (χ3v) is 5.99. The number of rotatable bonds is 3. The zero-order valence-corrected chi connectivity index (χ0v) is 12.9. The van der Waals surface area contributed by atoms with Crippen molar-refractivity contribution >= 4 is 15.7 Å². The monoisotopic (exact) mass is 300 g/mol. The first-order chi connectivity index (χ1) is 9.16. The maximum atomic E-state index is 13.5. The molecule has 1 aliphatic carbocycles. The average molecular weight is 300 g/mol. The van der Waals surface area contributed by atoms with Crippen LogP contribution in [0.3, 0.4) is 0 Å². The minimum atomic E-state index is -3.70. The summed E-state index contributed by atoms with van der Waals surface area (Å²) >= 11 is 0. The van der Waals surface area contributed by atoms with Crippen molar-refractivity contribution < 1.29 is 12.8 Å². The maximum absolute atomic E-state index is 13.5. The fraction of sp³-hybridized carbons (Fsp3) is 0.571. The third kappa shape index (κ3) is 2.67. The Hall–Kier alpha value is -1.14. The van der Waals surface area contributed by atoms with E-state index >= 15 is 0 Å². The van der Waals surface area contributed by atoms with Crippen LogP contribution < -0.4 is 10.5 Å². The molecule has 0 radical (unpaired) electrons. The second kappa shape index (κ2) is 5.00. The van der Waals surface area contributed by atoms with E-state index in [9.17, 15) is 12.8 Å². The summed E-state index contributed by atoms with van der Waals surface area (Å²) in [5, 5.41) is 0. The molecule has 0 aromatic heterocycles. The zero-order chi connectivity index (χ0) is 15.1. The van der Waals surface area contributed by atoms with Gasteiger partial charge >= 0.3 is 0 Å². The second-order valence-electron chi connectivity index (χ2n) is 5.92. The van der Waals surface area contributed by atoms with Crippen molar-refractivity contribution in [3.05, 3.63) is 23.0 Å². The van der Waals surface area contributed by atoms with Crippen LogP contribution in [-0.2, 0) is 10.0 Å². The predicted octanol–water partition coefficient (Wildman–Crippen LogP) is 2.64. The molecule has 0 heterocycles. The van der Waals surface area contributed by atoms with Crippen molar-refractivity contribution in [1.82, 2.24) is 4.72 Å². The van der Waals surface area contributed by atoms with E-state index in [1.54, 1.807) is 6.92 Å². The summed E-state index contributed by atoms with van der Waals surface area (Å²) in [4.78, 5) is 0.101. The van der Waals surface area contributed by atoms with E-state index in [0.717, 1.165) is 25.7 Å². The molecule has 0 spiro atoms. The summed E-state index contributed by atoms with van der Waals surface area (Å²) in [5.74, 6) is -0.578. The highest BCUT2D eigenvalue weighted by Crippen LogP contribution is 2.33. The lowest BCUT2D eigenvalue weighted by Gasteiger charge is -2.26.